The molecular weight excluding hydrogens is 669 g/mol. The molecule has 0 saturated carbocycles. The Kier molecular flexibility index (Phi) is 11.5. The van der Waals surface area contributed by atoms with Gasteiger partial charge in [-0.1, -0.05) is 97.1 Å². The number of anilines is 4. The monoisotopic (exact) mass is 718 g/mol. The molecule has 6 aromatic rings. The van der Waals surface area contributed by atoms with Gasteiger partial charge in [0.15, 0.2) is 0 Å². The highest BCUT2D eigenvalue weighted by atomic mass is 32.2. The molecule has 0 amide bonds. The van der Waals surface area contributed by atoms with Crippen molar-refractivity contribution in [3.8, 4) is 0 Å². The Morgan fingerprint density at radius 3 is 1.09 bits per heavy atom. The van der Waals surface area contributed by atoms with Crippen LogP contribution in [0.3, 0.4) is 0 Å². The SMILES string of the molecule is CN(C)c1ccc(C(=CC(C=C(c2ccc(N(C)C)cc2)c2ccc(N(C)C)cc2)S(=O)c2cccc3ccccc23)c2ccc(N(C)C)cc2)cc1. The number of nitrogens with zero attached hydrogens (tertiary/aromatic N) is 4. The predicted octanol–water partition coefficient (Wildman–Crippen LogP) is 9.84. The lowest BCUT2D eigenvalue weighted by atomic mass is 9.93. The van der Waals surface area contributed by atoms with Crippen molar-refractivity contribution in [1.29, 1.82) is 0 Å². The van der Waals surface area contributed by atoms with Crippen LogP contribution in [0.1, 0.15) is 22.3 Å². The second-order valence-corrected chi connectivity index (χ2v) is 15.7. The maximum absolute atomic E-state index is 15.3. The highest BCUT2D eigenvalue weighted by molar-refractivity contribution is 7.86. The minimum absolute atomic E-state index is 0.491. The highest BCUT2D eigenvalue weighted by Gasteiger charge is 2.21. The molecule has 6 rings (SSSR count). The minimum Gasteiger partial charge on any atom is -0.378 e. The summed E-state index contributed by atoms with van der Waals surface area (Å²) in [5.74, 6) is 0. The van der Waals surface area contributed by atoms with Crippen molar-refractivity contribution >= 4 is 55.5 Å². The molecule has 0 aliphatic carbocycles. The Morgan fingerprint density at radius 1 is 0.434 bits per heavy atom. The largest absolute Gasteiger partial charge is 0.378 e. The molecule has 6 heteroatoms. The van der Waals surface area contributed by atoms with Gasteiger partial charge in [0, 0.05) is 84.0 Å². The molecule has 5 nitrogen and oxygen atoms in total. The molecule has 0 saturated heterocycles. The molecule has 0 heterocycles. The Balaban J connectivity index is 1.62. The average molecular weight is 719 g/mol. The molecule has 0 aliphatic heterocycles. The van der Waals surface area contributed by atoms with E-state index in [1.54, 1.807) is 0 Å². The molecule has 0 fully saturated rings. The number of hydrogen-bond acceptors (Lipinski definition) is 5. The summed E-state index contributed by atoms with van der Waals surface area (Å²) in [6.45, 7) is 0. The summed E-state index contributed by atoms with van der Waals surface area (Å²) in [6.07, 6.45) is 4.44. The average Bonchev–Trinajstić information content (AvgIpc) is 3.18. The third-order valence-corrected chi connectivity index (χ3v) is 11.2. The fourth-order valence-electron chi connectivity index (χ4n) is 6.49. The lowest BCUT2D eigenvalue weighted by molar-refractivity contribution is 0.682. The number of hydrogen-bond donors (Lipinski definition) is 0. The first-order valence-corrected chi connectivity index (χ1v) is 19.1. The lowest BCUT2D eigenvalue weighted by Crippen LogP contribution is -2.13. The fourth-order valence-corrected chi connectivity index (χ4v) is 7.92. The van der Waals surface area contributed by atoms with E-state index in [1.807, 2.05) is 24.3 Å². The van der Waals surface area contributed by atoms with Gasteiger partial charge in [-0.2, -0.15) is 0 Å². The van der Waals surface area contributed by atoms with E-state index in [0.29, 0.717) is 0 Å². The van der Waals surface area contributed by atoms with Gasteiger partial charge in [0.05, 0.1) is 16.0 Å². The van der Waals surface area contributed by atoms with Gasteiger partial charge in [0.1, 0.15) is 0 Å². The van der Waals surface area contributed by atoms with Gasteiger partial charge in [-0.05, 0) is 98.8 Å². The number of benzene rings is 6. The normalized spacial score (nSPS) is 11.6. The summed E-state index contributed by atoms with van der Waals surface area (Å²) in [4.78, 5) is 9.24. The first kappa shape index (κ1) is 37.2. The van der Waals surface area contributed by atoms with Crippen molar-refractivity contribution < 1.29 is 4.21 Å². The molecule has 0 N–H and O–H groups in total. The molecule has 0 radical (unpaired) electrons. The smallest absolute Gasteiger partial charge is 0.0773 e. The molecular formula is C47H50N4OS. The van der Waals surface area contributed by atoms with Gasteiger partial charge in [-0.15, -0.1) is 0 Å². The van der Waals surface area contributed by atoms with Crippen LogP contribution in [-0.2, 0) is 10.8 Å². The summed E-state index contributed by atoms with van der Waals surface area (Å²) in [5, 5.41) is 1.58. The minimum atomic E-state index is -1.46. The van der Waals surface area contributed by atoms with Crippen LogP contribution in [0.15, 0.2) is 157 Å². The fraction of sp³-hybridized carbons (Fsp3) is 0.191. The van der Waals surface area contributed by atoms with E-state index in [9.17, 15) is 0 Å². The third-order valence-electron chi connectivity index (χ3n) is 9.65. The van der Waals surface area contributed by atoms with Gasteiger partial charge >= 0.3 is 0 Å². The molecule has 1 atom stereocenters. The number of fused-ring (bicyclic) bond motifs is 1. The Bertz CT molecular complexity index is 2000. The topological polar surface area (TPSA) is 30.0 Å². The van der Waals surface area contributed by atoms with Crippen LogP contribution in [0.4, 0.5) is 22.7 Å². The van der Waals surface area contributed by atoms with E-state index in [0.717, 1.165) is 71.8 Å². The van der Waals surface area contributed by atoms with Crippen LogP contribution in [0, 0.1) is 0 Å². The van der Waals surface area contributed by atoms with Crippen molar-refractivity contribution in [2.24, 2.45) is 0 Å². The third kappa shape index (κ3) is 8.56. The first-order chi connectivity index (χ1) is 25.5. The molecule has 1 unspecified atom stereocenters. The summed E-state index contributed by atoms with van der Waals surface area (Å²) in [6, 6.07) is 48.9. The van der Waals surface area contributed by atoms with Crippen molar-refractivity contribution in [3.63, 3.8) is 0 Å². The van der Waals surface area contributed by atoms with Crippen molar-refractivity contribution in [2.45, 2.75) is 10.1 Å². The van der Waals surface area contributed by atoms with Crippen LogP contribution in [0.5, 0.6) is 0 Å². The van der Waals surface area contributed by atoms with E-state index in [4.69, 9.17) is 0 Å². The zero-order valence-electron chi connectivity index (χ0n) is 32.1. The molecule has 53 heavy (non-hydrogen) atoms. The zero-order chi connectivity index (χ0) is 37.6. The molecule has 0 spiro atoms. The van der Waals surface area contributed by atoms with Crippen LogP contribution in [0.25, 0.3) is 21.9 Å². The van der Waals surface area contributed by atoms with E-state index in [-0.39, 0.29) is 0 Å². The molecule has 0 aliphatic rings. The van der Waals surface area contributed by atoms with Crippen LogP contribution < -0.4 is 19.6 Å². The van der Waals surface area contributed by atoms with Crippen molar-refractivity contribution in [3.05, 3.63) is 174 Å². The Labute approximate surface area is 318 Å². The van der Waals surface area contributed by atoms with Crippen molar-refractivity contribution in [1.82, 2.24) is 0 Å². The maximum atomic E-state index is 15.3. The van der Waals surface area contributed by atoms with E-state index < -0.39 is 16.0 Å². The standard InChI is InChI=1S/C47H50N4OS/c1-48(2)39-24-16-35(17-25-39)45(36-18-26-40(27-19-36)49(3)4)32-43(53(52)47-15-11-13-34-12-9-10-14-44(34)47)33-46(37-20-28-41(29-21-37)50(5)6)38-22-30-42(31-23-38)51(7)8/h9-33,43H,1-8H3. The highest BCUT2D eigenvalue weighted by Crippen LogP contribution is 2.34. The van der Waals surface area contributed by atoms with E-state index in [1.165, 1.54) is 0 Å². The molecule has 0 bridgehead atoms. The summed E-state index contributed by atoms with van der Waals surface area (Å²) in [5.41, 5.74) is 10.8. The van der Waals surface area contributed by atoms with Gasteiger partial charge in [0.25, 0.3) is 0 Å². The van der Waals surface area contributed by atoms with Crippen molar-refractivity contribution in [2.75, 3.05) is 76.0 Å². The van der Waals surface area contributed by atoms with Gasteiger partial charge < -0.3 is 19.6 Å². The van der Waals surface area contributed by atoms with Crippen LogP contribution in [-0.4, -0.2) is 65.8 Å². The van der Waals surface area contributed by atoms with Gasteiger partial charge in [-0.25, -0.2) is 0 Å². The second-order valence-electron chi connectivity index (χ2n) is 14.2. The maximum Gasteiger partial charge on any atom is 0.0773 e. The Hall–Kier alpha value is -5.59. The van der Waals surface area contributed by atoms with Crippen LogP contribution in [0.2, 0.25) is 0 Å². The number of rotatable bonds is 12. The van der Waals surface area contributed by atoms with Gasteiger partial charge in [-0.3, -0.25) is 4.21 Å². The van der Waals surface area contributed by atoms with Crippen LogP contribution >= 0.6 is 0 Å². The summed E-state index contributed by atoms with van der Waals surface area (Å²) >= 11 is 0. The van der Waals surface area contributed by atoms with Gasteiger partial charge in [0.2, 0.25) is 0 Å². The second kappa shape index (κ2) is 16.4. The quantitative estimate of drug-likeness (QED) is 0.126. The summed E-state index contributed by atoms with van der Waals surface area (Å²) in [7, 11) is 15.0. The predicted molar refractivity (Wildman–Crippen MR) is 231 cm³/mol. The molecule has 0 aromatic heterocycles. The van der Waals surface area contributed by atoms with E-state index >= 15 is 4.21 Å². The lowest BCUT2D eigenvalue weighted by Gasteiger charge is -2.20. The molecule has 270 valence electrons. The zero-order valence-corrected chi connectivity index (χ0v) is 32.9. The first-order valence-electron chi connectivity index (χ1n) is 17.9. The Morgan fingerprint density at radius 2 is 0.755 bits per heavy atom. The molecule has 6 aromatic carbocycles. The summed E-state index contributed by atoms with van der Waals surface area (Å²) < 4.78 is 15.3. The van der Waals surface area contributed by atoms with E-state index in [2.05, 4.69) is 203 Å².